The number of nitrogens with two attached hydrogens (primary N) is 1. The van der Waals surface area contributed by atoms with Gasteiger partial charge in [0.1, 0.15) is 5.82 Å². The van der Waals surface area contributed by atoms with Gasteiger partial charge in [-0.25, -0.2) is 4.39 Å². The zero-order chi connectivity index (χ0) is 13.8. The third kappa shape index (κ3) is 3.38. The zero-order valence-corrected chi connectivity index (χ0v) is 11.5. The highest BCUT2D eigenvalue weighted by Crippen LogP contribution is 2.28. The molecule has 100 valence electrons. The van der Waals surface area contributed by atoms with Gasteiger partial charge in [-0.2, -0.15) is 0 Å². The summed E-state index contributed by atoms with van der Waals surface area (Å²) in [6.45, 7) is 0.788. The molecule has 19 heavy (non-hydrogen) atoms. The Kier molecular flexibility index (Phi) is 4.27. The molecule has 0 aliphatic heterocycles. The molecular formula is C15H16ClFN2. The number of hydrogen-bond donors (Lipinski definition) is 1. The standard InChI is InChI=1S/C15H16ClFN2/c1-19(8-7-11-5-3-2-4-6-11)15-9-12(16)13(17)10-14(15)18/h2-6,9-10H,7-8,18H2,1H3. The van der Waals surface area contributed by atoms with Crippen molar-refractivity contribution in [3.05, 3.63) is 58.9 Å². The van der Waals surface area contributed by atoms with E-state index >= 15 is 0 Å². The van der Waals surface area contributed by atoms with E-state index in [1.54, 1.807) is 6.07 Å². The van der Waals surface area contributed by atoms with Crippen LogP contribution in [0.15, 0.2) is 42.5 Å². The number of nitrogen functional groups attached to an aromatic ring is 1. The average Bonchev–Trinajstić information content (AvgIpc) is 2.41. The molecule has 0 fully saturated rings. The van der Waals surface area contributed by atoms with Crippen LogP contribution >= 0.6 is 11.6 Å². The van der Waals surface area contributed by atoms with Crippen molar-refractivity contribution in [2.24, 2.45) is 0 Å². The normalized spacial score (nSPS) is 10.5. The van der Waals surface area contributed by atoms with Crippen LogP contribution in [-0.4, -0.2) is 13.6 Å². The third-order valence-corrected chi connectivity index (χ3v) is 3.35. The number of halogens is 2. The number of nitrogens with zero attached hydrogens (tertiary/aromatic N) is 1. The van der Waals surface area contributed by atoms with E-state index < -0.39 is 5.82 Å². The van der Waals surface area contributed by atoms with Gasteiger partial charge in [0, 0.05) is 19.7 Å². The van der Waals surface area contributed by atoms with Crippen LogP contribution in [0.4, 0.5) is 15.8 Å². The highest BCUT2D eigenvalue weighted by molar-refractivity contribution is 6.31. The van der Waals surface area contributed by atoms with Gasteiger partial charge in [0.2, 0.25) is 0 Å². The monoisotopic (exact) mass is 278 g/mol. The van der Waals surface area contributed by atoms with Crippen molar-refractivity contribution in [3.63, 3.8) is 0 Å². The average molecular weight is 279 g/mol. The lowest BCUT2D eigenvalue weighted by Crippen LogP contribution is -2.21. The summed E-state index contributed by atoms with van der Waals surface area (Å²) in [7, 11) is 1.92. The predicted octanol–water partition coefficient (Wildman–Crippen LogP) is 3.74. The molecule has 2 N–H and O–H groups in total. The van der Waals surface area contributed by atoms with Gasteiger partial charge in [-0.1, -0.05) is 41.9 Å². The van der Waals surface area contributed by atoms with Crippen molar-refractivity contribution >= 4 is 23.0 Å². The first kappa shape index (κ1) is 13.7. The summed E-state index contributed by atoms with van der Waals surface area (Å²) < 4.78 is 13.2. The van der Waals surface area contributed by atoms with E-state index in [0.29, 0.717) is 5.69 Å². The number of hydrogen-bond acceptors (Lipinski definition) is 2. The molecule has 0 spiro atoms. The van der Waals surface area contributed by atoms with E-state index in [0.717, 1.165) is 18.7 Å². The topological polar surface area (TPSA) is 29.3 Å². The fourth-order valence-corrected chi connectivity index (χ4v) is 2.10. The van der Waals surface area contributed by atoms with Crippen molar-refractivity contribution in [2.75, 3.05) is 24.2 Å². The Hall–Kier alpha value is -1.74. The minimum Gasteiger partial charge on any atom is -0.397 e. The van der Waals surface area contributed by atoms with Gasteiger partial charge in [0.05, 0.1) is 16.4 Å². The lowest BCUT2D eigenvalue weighted by molar-refractivity contribution is 0.628. The first-order chi connectivity index (χ1) is 9.08. The van der Waals surface area contributed by atoms with Crippen LogP contribution in [-0.2, 0) is 6.42 Å². The second-order valence-corrected chi connectivity index (χ2v) is 4.89. The van der Waals surface area contributed by atoms with E-state index in [1.807, 2.05) is 30.1 Å². The van der Waals surface area contributed by atoms with Gasteiger partial charge in [-0.05, 0) is 18.1 Å². The first-order valence-electron chi connectivity index (χ1n) is 6.07. The molecular weight excluding hydrogens is 263 g/mol. The maximum atomic E-state index is 13.2. The van der Waals surface area contributed by atoms with Crippen molar-refractivity contribution in [3.8, 4) is 0 Å². The summed E-state index contributed by atoms with van der Waals surface area (Å²) in [5.74, 6) is -0.487. The summed E-state index contributed by atoms with van der Waals surface area (Å²) >= 11 is 5.79. The van der Waals surface area contributed by atoms with E-state index in [1.165, 1.54) is 11.6 Å². The van der Waals surface area contributed by atoms with Gasteiger partial charge in [-0.15, -0.1) is 0 Å². The van der Waals surface area contributed by atoms with Crippen LogP contribution in [0, 0.1) is 5.82 Å². The smallest absolute Gasteiger partial charge is 0.143 e. The van der Waals surface area contributed by atoms with E-state index in [2.05, 4.69) is 12.1 Å². The van der Waals surface area contributed by atoms with Crippen molar-refractivity contribution < 1.29 is 4.39 Å². The number of likely N-dealkylation sites (N-methyl/N-ethyl adjacent to an activating group) is 1. The molecule has 4 heteroatoms. The summed E-state index contributed by atoms with van der Waals surface area (Å²) in [5, 5.41) is 0.0933. The molecule has 0 amide bonds. The molecule has 0 saturated heterocycles. The quantitative estimate of drug-likeness (QED) is 0.863. The highest BCUT2D eigenvalue weighted by Gasteiger charge is 2.10. The van der Waals surface area contributed by atoms with Gasteiger partial charge >= 0.3 is 0 Å². The molecule has 0 atom stereocenters. The number of anilines is 2. The molecule has 0 aliphatic rings. The molecule has 0 unspecified atom stereocenters. The fraction of sp³-hybridized carbons (Fsp3) is 0.200. The first-order valence-corrected chi connectivity index (χ1v) is 6.45. The Balaban J connectivity index is 2.08. The Bertz CT molecular complexity index is 558. The second-order valence-electron chi connectivity index (χ2n) is 4.48. The molecule has 2 rings (SSSR count). The summed E-state index contributed by atoms with van der Waals surface area (Å²) in [5.41, 5.74) is 8.22. The van der Waals surface area contributed by atoms with Crippen molar-refractivity contribution in [1.82, 2.24) is 0 Å². The maximum Gasteiger partial charge on any atom is 0.143 e. The lowest BCUT2D eigenvalue weighted by Gasteiger charge is -2.21. The van der Waals surface area contributed by atoms with Crippen molar-refractivity contribution in [2.45, 2.75) is 6.42 Å². The Morgan fingerprint density at radius 2 is 1.89 bits per heavy atom. The second kappa shape index (κ2) is 5.93. The van der Waals surface area contributed by atoms with E-state index in [-0.39, 0.29) is 5.02 Å². The fourth-order valence-electron chi connectivity index (χ4n) is 1.94. The maximum absolute atomic E-state index is 13.2. The molecule has 0 aromatic heterocycles. The molecule has 0 saturated carbocycles. The molecule has 2 aromatic carbocycles. The molecule has 2 aromatic rings. The van der Waals surface area contributed by atoms with Crippen LogP contribution in [0.25, 0.3) is 0 Å². The van der Waals surface area contributed by atoms with Crippen molar-refractivity contribution in [1.29, 1.82) is 0 Å². The largest absolute Gasteiger partial charge is 0.397 e. The number of rotatable bonds is 4. The van der Waals surface area contributed by atoms with Crippen LogP contribution in [0.3, 0.4) is 0 Å². The molecule has 0 aliphatic carbocycles. The van der Waals surface area contributed by atoms with Gasteiger partial charge in [-0.3, -0.25) is 0 Å². The number of benzene rings is 2. The highest BCUT2D eigenvalue weighted by atomic mass is 35.5. The zero-order valence-electron chi connectivity index (χ0n) is 10.7. The lowest BCUT2D eigenvalue weighted by atomic mass is 10.1. The molecule has 0 heterocycles. The third-order valence-electron chi connectivity index (χ3n) is 3.06. The van der Waals surface area contributed by atoms with E-state index in [9.17, 15) is 4.39 Å². The van der Waals surface area contributed by atoms with Crippen LogP contribution in [0.5, 0.6) is 0 Å². The van der Waals surface area contributed by atoms with Gasteiger partial charge in [0.25, 0.3) is 0 Å². The Labute approximate surface area is 117 Å². The van der Waals surface area contributed by atoms with Crippen LogP contribution in [0.2, 0.25) is 5.02 Å². The van der Waals surface area contributed by atoms with Crippen LogP contribution in [0.1, 0.15) is 5.56 Å². The summed E-state index contributed by atoms with van der Waals surface area (Å²) in [6, 6.07) is 13.0. The molecule has 2 nitrogen and oxygen atoms in total. The van der Waals surface area contributed by atoms with Gasteiger partial charge < -0.3 is 10.6 Å². The summed E-state index contributed by atoms with van der Waals surface area (Å²) in [6.07, 6.45) is 0.895. The SMILES string of the molecule is CN(CCc1ccccc1)c1cc(Cl)c(F)cc1N. The minimum absolute atomic E-state index is 0.0933. The van der Waals surface area contributed by atoms with Crippen LogP contribution < -0.4 is 10.6 Å². The molecule has 0 radical (unpaired) electrons. The van der Waals surface area contributed by atoms with E-state index in [4.69, 9.17) is 17.3 Å². The Morgan fingerprint density at radius 3 is 2.58 bits per heavy atom. The summed E-state index contributed by atoms with van der Waals surface area (Å²) in [4.78, 5) is 1.98. The predicted molar refractivity (Wildman–Crippen MR) is 79.2 cm³/mol. The molecule has 0 bridgehead atoms. The minimum atomic E-state index is -0.487. The Morgan fingerprint density at radius 1 is 1.21 bits per heavy atom. The van der Waals surface area contributed by atoms with Gasteiger partial charge in [0.15, 0.2) is 0 Å².